The van der Waals surface area contributed by atoms with Gasteiger partial charge >= 0.3 is 0 Å². The maximum absolute atomic E-state index is 12.7. The highest BCUT2D eigenvalue weighted by Gasteiger charge is 2.47. The highest BCUT2D eigenvalue weighted by Crippen LogP contribution is 2.26. The summed E-state index contributed by atoms with van der Waals surface area (Å²) in [5, 5.41) is 105. The van der Waals surface area contributed by atoms with Crippen molar-refractivity contribution in [2.24, 2.45) is 5.41 Å². The van der Waals surface area contributed by atoms with Crippen molar-refractivity contribution in [3.05, 3.63) is 0 Å². The molecule has 97 heavy (non-hydrogen) atoms. The fraction of sp³-hybridized carbons (Fsp3) is 0.855. The summed E-state index contributed by atoms with van der Waals surface area (Å²) in [6.07, 6.45) is -9.67. The Balaban J connectivity index is 1.33. The van der Waals surface area contributed by atoms with Crippen LogP contribution >= 0.6 is 0 Å². The molecule has 0 radical (unpaired) electrons. The zero-order chi connectivity index (χ0) is 71.7. The number of carbonyl (C=O) groups is 9. The van der Waals surface area contributed by atoms with Crippen LogP contribution in [-0.2, 0) is 85.8 Å². The smallest absolute Gasteiger partial charge is 0.222 e. The van der Waals surface area contributed by atoms with Gasteiger partial charge in [-0.3, -0.25) is 43.2 Å². The molecule has 9 amide bonds. The number of carbonyl (C=O) groups excluding carboxylic acids is 9. The Hall–Kier alpha value is -5.45. The van der Waals surface area contributed by atoms with Gasteiger partial charge in [-0.2, -0.15) is 0 Å². The SMILES string of the molecule is CC(=O)NC1C(OCCCCC(=O)NCCCNC(=O)CCOCC(C)(COCCC(=O)NCCCNC(=O)CCCCOC2OC(CO)C(O)C(O)C2NC(C)=O)COCCC(=O)NCCCNC(=O)CCCCOC2OC(CO)C(O)C(O)C2NC(C)=O)OC(C)C(O)C1O. The lowest BCUT2D eigenvalue weighted by atomic mass is 9.94. The van der Waals surface area contributed by atoms with Crippen LogP contribution in [0.5, 0.6) is 0 Å². The van der Waals surface area contributed by atoms with E-state index in [4.69, 9.17) is 42.6 Å². The molecular formula is C62H111N9O26. The number of unbranched alkanes of at least 4 members (excludes halogenated alkanes) is 3. The Morgan fingerprint density at radius 3 is 0.907 bits per heavy atom. The highest BCUT2D eigenvalue weighted by molar-refractivity contribution is 5.78. The first-order valence-electron chi connectivity index (χ1n) is 33.6. The molecule has 0 saturated carbocycles. The molecule has 3 fully saturated rings. The summed E-state index contributed by atoms with van der Waals surface area (Å²) in [5.41, 5.74) is -0.782. The molecule has 35 nitrogen and oxygen atoms in total. The number of nitrogens with one attached hydrogen (secondary N) is 9. The highest BCUT2D eigenvalue weighted by atomic mass is 16.7. The molecule has 15 unspecified atom stereocenters. The van der Waals surface area contributed by atoms with Crippen LogP contribution in [0.15, 0.2) is 0 Å². The summed E-state index contributed by atoms with van der Waals surface area (Å²) in [7, 11) is 0. The van der Waals surface area contributed by atoms with Gasteiger partial charge in [-0.15, -0.1) is 0 Å². The number of ether oxygens (including phenoxy) is 9. The largest absolute Gasteiger partial charge is 0.394 e. The first kappa shape index (κ1) is 85.8. The molecule has 3 aliphatic heterocycles. The van der Waals surface area contributed by atoms with E-state index in [1.807, 2.05) is 6.92 Å². The Morgan fingerprint density at radius 1 is 0.361 bits per heavy atom. The van der Waals surface area contributed by atoms with Crippen LogP contribution in [0.2, 0.25) is 0 Å². The number of hydrogen-bond acceptors (Lipinski definition) is 26. The van der Waals surface area contributed by atoms with Gasteiger partial charge in [0.1, 0.15) is 67.0 Å². The van der Waals surface area contributed by atoms with Crippen LogP contribution in [0.1, 0.15) is 131 Å². The summed E-state index contributed by atoms with van der Waals surface area (Å²) in [6, 6.07) is -3.10. The van der Waals surface area contributed by atoms with Gasteiger partial charge < -0.3 is 131 Å². The van der Waals surface area contributed by atoms with Crippen LogP contribution in [0.25, 0.3) is 0 Å². The molecule has 0 bridgehead atoms. The second kappa shape index (κ2) is 48.3. The Morgan fingerprint density at radius 2 is 0.629 bits per heavy atom. The quantitative estimate of drug-likeness (QED) is 0.0253. The summed E-state index contributed by atoms with van der Waals surface area (Å²) in [4.78, 5) is 110. The molecule has 3 heterocycles. The predicted octanol–water partition coefficient (Wildman–Crippen LogP) is -5.50. The third-order valence-electron chi connectivity index (χ3n) is 15.7. The van der Waals surface area contributed by atoms with E-state index in [2.05, 4.69) is 47.9 Å². The molecule has 3 saturated heterocycles. The van der Waals surface area contributed by atoms with Crippen molar-refractivity contribution in [1.82, 2.24) is 47.9 Å². The summed E-state index contributed by atoms with van der Waals surface area (Å²) in [6.45, 7) is 8.61. The molecule has 0 aliphatic carbocycles. The van der Waals surface area contributed by atoms with Gasteiger partial charge in [-0.25, -0.2) is 0 Å². The predicted molar refractivity (Wildman–Crippen MR) is 340 cm³/mol. The first-order chi connectivity index (χ1) is 46.3. The zero-order valence-corrected chi connectivity index (χ0v) is 56.7. The van der Waals surface area contributed by atoms with E-state index in [0.717, 1.165) is 0 Å². The minimum absolute atomic E-state index is 0.0243. The average Bonchev–Trinajstić information content (AvgIpc) is 0.887. The second-order valence-corrected chi connectivity index (χ2v) is 24.6. The molecule has 3 rings (SSSR count). The monoisotopic (exact) mass is 1400 g/mol. The summed E-state index contributed by atoms with van der Waals surface area (Å²) in [5.74, 6) is -2.83. The number of rotatable bonds is 50. The van der Waals surface area contributed by atoms with E-state index in [0.29, 0.717) is 84.0 Å². The van der Waals surface area contributed by atoms with Crippen molar-refractivity contribution in [2.45, 2.75) is 223 Å². The molecule has 17 N–H and O–H groups in total. The lowest BCUT2D eigenvalue weighted by Crippen LogP contribution is -2.64. The van der Waals surface area contributed by atoms with Gasteiger partial charge in [0.15, 0.2) is 18.9 Å². The first-order valence-corrected chi connectivity index (χ1v) is 33.6. The summed E-state index contributed by atoms with van der Waals surface area (Å²) < 4.78 is 51.6. The lowest BCUT2D eigenvalue weighted by Gasteiger charge is -2.42. The molecule has 0 aromatic heterocycles. The number of aliphatic hydroxyl groups excluding tert-OH is 8. The van der Waals surface area contributed by atoms with E-state index < -0.39 is 128 Å². The van der Waals surface area contributed by atoms with Crippen molar-refractivity contribution < 1.29 is 127 Å². The third kappa shape index (κ3) is 34.9. The summed E-state index contributed by atoms with van der Waals surface area (Å²) >= 11 is 0. The topological polar surface area (TPSA) is 507 Å². The van der Waals surface area contributed by atoms with Crippen molar-refractivity contribution in [1.29, 1.82) is 0 Å². The van der Waals surface area contributed by atoms with Crippen molar-refractivity contribution >= 4 is 53.2 Å². The van der Waals surface area contributed by atoms with Crippen LogP contribution in [0.4, 0.5) is 0 Å². The average molecular weight is 1400 g/mol. The molecule has 0 aromatic rings. The second-order valence-electron chi connectivity index (χ2n) is 24.6. The van der Waals surface area contributed by atoms with Gasteiger partial charge in [-0.05, 0) is 64.7 Å². The minimum atomic E-state index is -1.44. The Kier molecular flexibility index (Phi) is 42.8. The third-order valence-corrected chi connectivity index (χ3v) is 15.7. The number of hydrogen-bond donors (Lipinski definition) is 17. The maximum Gasteiger partial charge on any atom is 0.222 e. The molecule has 0 aromatic carbocycles. The molecule has 0 spiro atoms. The van der Waals surface area contributed by atoms with Gasteiger partial charge in [0.2, 0.25) is 53.2 Å². The van der Waals surface area contributed by atoms with Crippen molar-refractivity contribution in [3.63, 3.8) is 0 Å². The van der Waals surface area contributed by atoms with Gasteiger partial charge in [0.25, 0.3) is 0 Å². The maximum atomic E-state index is 12.7. The molecular weight excluding hydrogens is 1290 g/mol. The normalized spacial score (nSPS) is 26.1. The Bertz CT molecular complexity index is 2240. The van der Waals surface area contributed by atoms with Gasteiger partial charge in [-0.1, -0.05) is 6.92 Å². The van der Waals surface area contributed by atoms with Crippen LogP contribution in [0, 0.1) is 5.41 Å². The van der Waals surface area contributed by atoms with Gasteiger partial charge in [0, 0.05) is 124 Å². The van der Waals surface area contributed by atoms with Crippen LogP contribution < -0.4 is 47.9 Å². The van der Waals surface area contributed by atoms with Crippen molar-refractivity contribution in [2.75, 3.05) is 112 Å². The van der Waals surface area contributed by atoms with E-state index in [9.17, 15) is 84.0 Å². The minimum Gasteiger partial charge on any atom is -0.394 e. The standard InChI is InChI=1S/C62H111N9O26/c1-38-53(83)56(86)50(69-39(2)74)59(95-38)92-27-9-6-15-44(77)63-21-12-24-66-47(80)18-30-89-35-62(5,36-90-31-19-48(81)67-25-13-22-64-45(78)16-7-10-28-93-60-51(70-40(3)75)57(87)54(84)42(33-72)96-60)37-91-32-20-49(82)68-26-14-23-65-46(79)17-8-11-29-94-61-52(71-41(4)76)58(88)55(85)43(34-73)97-61/h38,42-43,50-61,72-73,83-88H,6-37H2,1-5H3,(H,63,77)(H,64,78)(H,65,79)(H,66,80)(H,67,81)(H,68,82)(H,69,74)(H,70,75)(H,71,76). The number of aliphatic hydroxyl groups is 8. The van der Waals surface area contributed by atoms with E-state index >= 15 is 0 Å². The van der Waals surface area contributed by atoms with Gasteiger partial charge in [0.05, 0.1) is 59.0 Å². The van der Waals surface area contributed by atoms with E-state index in [1.54, 1.807) is 6.92 Å². The van der Waals surface area contributed by atoms with Crippen LogP contribution in [-0.4, -0.2) is 298 Å². The molecule has 3 aliphatic rings. The van der Waals surface area contributed by atoms with E-state index in [1.165, 1.54) is 20.8 Å². The molecule has 35 heteroatoms. The molecule has 560 valence electrons. The van der Waals surface area contributed by atoms with E-state index in [-0.39, 0.29) is 147 Å². The fourth-order valence-electron chi connectivity index (χ4n) is 10.3. The zero-order valence-electron chi connectivity index (χ0n) is 56.7. The fourth-order valence-corrected chi connectivity index (χ4v) is 10.3. The van der Waals surface area contributed by atoms with Crippen molar-refractivity contribution in [3.8, 4) is 0 Å². The Labute approximate surface area is 566 Å². The molecule has 15 atom stereocenters. The van der Waals surface area contributed by atoms with Crippen LogP contribution in [0.3, 0.4) is 0 Å². The lowest BCUT2D eigenvalue weighted by molar-refractivity contribution is -0.270. The number of amides is 9.